The first-order chi connectivity index (χ1) is 29.9. The fraction of sp³-hybridized carbons (Fsp3) is 0.311. The van der Waals surface area contributed by atoms with Gasteiger partial charge in [-0.1, -0.05) is 54.6 Å². The summed E-state index contributed by atoms with van der Waals surface area (Å²) >= 11 is 0. The van der Waals surface area contributed by atoms with E-state index >= 15 is 0 Å². The summed E-state index contributed by atoms with van der Waals surface area (Å²) in [5.41, 5.74) is 3.17. The molecule has 0 saturated carbocycles. The lowest BCUT2D eigenvalue weighted by atomic mass is 9.79. The summed E-state index contributed by atoms with van der Waals surface area (Å²) in [5.74, 6) is -1.26. The number of benzene rings is 3. The topological polar surface area (TPSA) is 186 Å². The summed E-state index contributed by atoms with van der Waals surface area (Å²) in [4.78, 5) is 51.3. The maximum atomic E-state index is 13.5. The van der Waals surface area contributed by atoms with E-state index in [1.165, 1.54) is 56.7 Å². The van der Waals surface area contributed by atoms with Gasteiger partial charge in [-0.15, -0.1) is 13.2 Å². The quantitative estimate of drug-likeness (QED) is 0.0394. The van der Waals surface area contributed by atoms with Crippen molar-refractivity contribution in [2.24, 2.45) is 0 Å². The van der Waals surface area contributed by atoms with Gasteiger partial charge in [0.1, 0.15) is 11.6 Å². The van der Waals surface area contributed by atoms with Crippen LogP contribution in [0.1, 0.15) is 55.2 Å². The van der Waals surface area contributed by atoms with Crippen LogP contribution in [0.25, 0.3) is 0 Å². The molecular weight excluding hydrogens is 801 g/mol. The van der Waals surface area contributed by atoms with Gasteiger partial charge in [-0.25, -0.2) is 18.4 Å². The Morgan fingerprint density at radius 3 is 1.77 bits per heavy atom. The van der Waals surface area contributed by atoms with Gasteiger partial charge < -0.3 is 35.6 Å². The zero-order valence-electron chi connectivity index (χ0n) is 35.1. The maximum Gasteiger partial charge on any atom is 0.336 e. The van der Waals surface area contributed by atoms with Crippen LogP contribution < -0.4 is 26.2 Å². The molecule has 4 N–H and O–H groups in total. The third-order valence-corrected chi connectivity index (χ3v) is 10.4. The molecule has 0 spiro atoms. The van der Waals surface area contributed by atoms with E-state index in [-0.39, 0.29) is 39.9 Å². The number of nitro benzene ring substituents is 1. The standard InChI is InChI=1S/C28H33F2N7.C17H18N2O6/c1-3-15-31-26-34-27(32-16-4-2)36-28(35-26)37-17-13-24(14-18-37)33-19-25(20-5-9-22(29)10-6-20)21-7-11-23(30)12-8-21;1-9-13(16(20)24-3)15(14(10(2)18-9)17(21)25-4)11-7-5-6-8-12(11)19(22)23/h3-12,24-25,33H,1-2,13-19H2,(H2,31,32,34,35,36);5-8,15,18H,1-4H3. The highest BCUT2D eigenvalue weighted by atomic mass is 19.1. The fourth-order valence-electron chi connectivity index (χ4n) is 7.34. The number of halogens is 2. The molecule has 15 nitrogen and oxygen atoms in total. The van der Waals surface area contributed by atoms with Gasteiger partial charge in [0.05, 0.1) is 36.2 Å². The van der Waals surface area contributed by atoms with Crippen molar-refractivity contribution in [2.75, 3.05) is 62.5 Å². The summed E-state index contributed by atoms with van der Waals surface area (Å²) in [7, 11) is 2.42. The van der Waals surface area contributed by atoms with Crippen molar-refractivity contribution in [3.8, 4) is 0 Å². The summed E-state index contributed by atoms with van der Waals surface area (Å²) in [6, 6.07) is 19.3. The number of nitro groups is 1. The Morgan fingerprint density at radius 1 is 0.839 bits per heavy atom. The number of hydrogen-bond donors (Lipinski definition) is 4. The average Bonchev–Trinajstić information content (AvgIpc) is 3.28. The normalized spacial score (nSPS) is 14.3. The second-order valence-corrected chi connectivity index (χ2v) is 14.4. The molecule has 0 bridgehead atoms. The number of esters is 2. The molecule has 17 heteroatoms. The number of aromatic nitrogens is 3. The number of para-hydroxylation sites is 1. The number of dihydropyridines is 1. The predicted molar refractivity (Wildman–Crippen MR) is 233 cm³/mol. The molecule has 6 rings (SSSR count). The lowest BCUT2D eigenvalue weighted by molar-refractivity contribution is -0.385. The molecule has 0 aliphatic carbocycles. The molecule has 0 unspecified atom stereocenters. The van der Waals surface area contributed by atoms with E-state index in [1.54, 1.807) is 56.3 Å². The van der Waals surface area contributed by atoms with Crippen molar-refractivity contribution >= 4 is 35.5 Å². The molecule has 0 amide bonds. The van der Waals surface area contributed by atoms with Crippen LogP contribution in [0.4, 0.5) is 32.3 Å². The fourth-order valence-corrected chi connectivity index (χ4v) is 7.34. The van der Waals surface area contributed by atoms with Gasteiger partial charge in [-0.2, -0.15) is 15.0 Å². The van der Waals surface area contributed by atoms with E-state index in [0.29, 0.717) is 54.9 Å². The number of methoxy groups -OCH3 is 2. The van der Waals surface area contributed by atoms with Crippen LogP contribution in [0.5, 0.6) is 0 Å². The number of allylic oxidation sites excluding steroid dienone is 2. The number of carbonyl (C=O) groups excluding carboxylic acids is 2. The Balaban J connectivity index is 0.000000253. The second kappa shape index (κ2) is 22.0. The number of carbonyl (C=O) groups is 2. The highest BCUT2D eigenvalue weighted by Gasteiger charge is 2.40. The summed E-state index contributed by atoms with van der Waals surface area (Å²) < 4.78 is 36.7. The van der Waals surface area contributed by atoms with Crippen LogP contribution in [0.2, 0.25) is 0 Å². The molecule has 3 aromatic carbocycles. The van der Waals surface area contributed by atoms with E-state index < -0.39 is 22.8 Å². The van der Waals surface area contributed by atoms with E-state index in [2.05, 4.69) is 54.3 Å². The number of hydrogen-bond acceptors (Lipinski definition) is 14. The lowest BCUT2D eigenvalue weighted by Gasteiger charge is -2.33. The molecule has 2 aliphatic heterocycles. The minimum Gasteiger partial charge on any atom is -0.466 e. The van der Waals surface area contributed by atoms with Crippen molar-refractivity contribution < 1.29 is 32.8 Å². The number of piperidine rings is 1. The van der Waals surface area contributed by atoms with Gasteiger partial charge in [-0.05, 0) is 62.1 Å². The van der Waals surface area contributed by atoms with Crippen molar-refractivity contribution in [3.05, 3.63) is 159 Å². The number of rotatable bonds is 16. The monoisotopic (exact) mass is 851 g/mol. The molecule has 0 radical (unpaired) electrons. The first-order valence-corrected chi connectivity index (χ1v) is 19.9. The molecule has 3 heterocycles. The number of nitrogens with one attached hydrogen (secondary N) is 4. The van der Waals surface area contributed by atoms with Crippen LogP contribution in [0.3, 0.4) is 0 Å². The predicted octanol–water partition coefficient (Wildman–Crippen LogP) is 6.91. The highest BCUT2D eigenvalue weighted by Crippen LogP contribution is 2.42. The molecular formula is C45H51F2N9O6. The Hall–Kier alpha value is -7.01. The largest absolute Gasteiger partial charge is 0.466 e. The minimum atomic E-state index is -0.970. The molecule has 1 saturated heterocycles. The second-order valence-electron chi connectivity index (χ2n) is 14.4. The van der Waals surface area contributed by atoms with Gasteiger partial charge in [0.15, 0.2) is 0 Å². The minimum absolute atomic E-state index is 0.0141. The van der Waals surface area contributed by atoms with E-state index in [9.17, 15) is 28.5 Å². The van der Waals surface area contributed by atoms with Crippen molar-refractivity contribution in [2.45, 2.75) is 44.6 Å². The van der Waals surface area contributed by atoms with E-state index in [4.69, 9.17) is 9.47 Å². The number of nitrogens with zero attached hydrogens (tertiary/aromatic N) is 5. The Morgan fingerprint density at radius 2 is 1.32 bits per heavy atom. The van der Waals surface area contributed by atoms with E-state index in [1.807, 2.05) is 0 Å². The Kier molecular flexibility index (Phi) is 16.4. The van der Waals surface area contributed by atoms with Crippen molar-refractivity contribution in [3.63, 3.8) is 0 Å². The van der Waals surface area contributed by atoms with E-state index in [0.717, 1.165) is 37.1 Å². The lowest BCUT2D eigenvalue weighted by Crippen LogP contribution is -2.44. The maximum absolute atomic E-state index is 13.5. The van der Waals surface area contributed by atoms with Gasteiger partial charge in [0.25, 0.3) is 5.69 Å². The van der Waals surface area contributed by atoms with Gasteiger partial charge in [-0.3, -0.25) is 10.1 Å². The Bertz CT molecular complexity index is 2180. The average molecular weight is 852 g/mol. The third-order valence-electron chi connectivity index (χ3n) is 10.4. The van der Waals surface area contributed by atoms with Crippen LogP contribution in [-0.4, -0.2) is 84.8 Å². The zero-order valence-corrected chi connectivity index (χ0v) is 35.1. The van der Waals surface area contributed by atoms with Gasteiger partial charge >= 0.3 is 11.9 Å². The van der Waals surface area contributed by atoms with Crippen molar-refractivity contribution in [1.82, 2.24) is 25.6 Å². The summed E-state index contributed by atoms with van der Waals surface area (Å²) in [6.45, 7) is 14.1. The van der Waals surface area contributed by atoms with Crippen LogP contribution in [0.15, 0.2) is 121 Å². The number of ether oxygens (including phenoxy) is 2. The zero-order chi connectivity index (χ0) is 44.8. The first-order valence-electron chi connectivity index (χ1n) is 19.9. The smallest absolute Gasteiger partial charge is 0.336 e. The molecule has 62 heavy (non-hydrogen) atoms. The molecule has 326 valence electrons. The Labute approximate surface area is 359 Å². The highest BCUT2D eigenvalue weighted by molar-refractivity contribution is 6.00. The molecule has 1 aromatic heterocycles. The third kappa shape index (κ3) is 11.6. The van der Waals surface area contributed by atoms with Gasteiger partial charge in [0.2, 0.25) is 17.8 Å². The van der Waals surface area contributed by atoms with Crippen molar-refractivity contribution in [1.29, 1.82) is 0 Å². The summed E-state index contributed by atoms with van der Waals surface area (Å²) in [6.07, 6.45) is 5.33. The molecule has 2 aliphatic rings. The first kappa shape index (κ1) is 46.1. The van der Waals surface area contributed by atoms with Crippen LogP contribution >= 0.6 is 0 Å². The van der Waals surface area contributed by atoms with Crippen LogP contribution in [0, 0.1) is 21.7 Å². The molecule has 4 aromatic rings. The molecule has 1 fully saturated rings. The number of anilines is 3. The summed E-state index contributed by atoms with van der Waals surface area (Å²) in [5, 5.41) is 24.4. The molecule has 0 atom stereocenters. The van der Waals surface area contributed by atoms with Crippen LogP contribution in [-0.2, 0) is 19.1 Å². The SMILES string of the molecule is C=CCNc1nc(NCC=C)nc(N2CCC(NCC(c3ccc(F)cc3)c3ccc(F)cc3)CC2)n1.COC(=O)C1=C(C)NC(C)=C(C(=O)OC)C1c1ccccc1[N+](=O)[O-]. The van der Waals surface area contributed by atoms with Gasteiger partial charge in [0, 0.05) is 67.7 Å².